The predicted octanol–water partition coefficient (Wildman–Crippen LogP) is 4.45. The van der Waals surface area contributed by atoms with Gasteiger partial charge in [-0.3, -0.25) is 0 Å². The fourth-order valence-corrected chi connectivity index (χ4v) is 2.55. The van der Waals surface area contributed by atoms with Crippen LogP contribution in [0, 0.1) is 24.4 Å². The van der Waals surface area contributed by atoms with Gasteiger partial charge in [-0.05, 0) is 42.3 Å². The van der Waals surface area contributed by atoms with Crippen molar-refractivity contribution in [3.8, 4) is 0 Å². The van der Waals surface area contributed by atoms with Gasteiger partial charge in [0.1, 0.15) is 17.5 Å². The molecule has 106 valence electrons. The van der Waals surface area contributed by atoms with Crippen LogP contribution in [0.1, 0.15) is 22.8 Å². The molecule has 0 aromatic heterocycles. The van der Waals surface area contributed by atoms with Gasteiger partial charge in [0, 0.05) is 10.9 Å². The zero-order chi connectivity index (χ0) is 14.9. The Bertz CT molecular complexity index is 623. The second-order valence-corrected chi connectivity index (χ2v) is 5.51. The van der Waals surface area contributed by atoms with Gasteiger partial charge in [0.15, 0.2) is 0 Å². The summed E-state index contributed by atoms with van der Waals surface area (Å²) in [6.07, 6.45) is -1.45. The van der Waals surface area contributed by atoms with Gasteiger partial charge in [0.25, 0.3) is 0 Å². The van der Waals surface area contributed by atoms with Gasteiger partial charge in [-0.15, -0.1) is 0 Å². The van der Waals surface area contributed by atoms with Crippen molar-refractivity contribution in [2.24, 2.45) is 0 Å². The van der Waals surface area contributed by atoms with Crippen molar-refractivity contribution in [2.75, 3.05) is 0 Å². The van der Waals surface area contributed by atoms with Crippen LogP contribution in [0.25, 0.3) is 0 Å². The summed E-state index contributed by atoms with van der Waals surface area (Å²) in [5, 5.41) is 10.0. The van der Waals surface area contributed by atoms with Crippen molar-refractivity contribution in [2.45, 2.75) is 19.4 Å². The predicted molar refractivity (Wildman–Crippen MR) is 73.9 cm³/mol. The van der Waals surface area contributed by atoms with Crippen molar-refractivity contribution in [3.63, 3.8) is 0 Å². The first-order valence-electron chi connectivity index (χ1n) is 5.96. The maximum atomic E-state index is 13.9. The molecule has 0 saturated heterocycles. The summed E-state index contributed by atoms with van der Waals surface area (Å²) < 4.78 is 41.3. The molecular weight excluding hydrogens is 333 g/mol. The van der Waals surface area contributed by atoms with Crippen molar-refractivity contribution in [1.29, 1.82) is 0 Å². The van der Waals surface area contributed by atoms with Crippen molar-refractivity contribution < 1.29 is 18.3 Å². The third kappa shape index (κ3) is 3.22. The first-order chi connectivity index (χ1) is 9.38. The molecule has 2 aromatic carbocycles. The zero-order valence-electron chi connectivity index (χ0n) is 10.6. The number of aryl methyl sites for hydroxylation is 1. The van der Waals surface area contributed by atoms with Gasteiger partial charge >= 0.3 is 0 Å². The molecule has 1 N–H and O–H groups in total. The number of aliphatic hydroxyl groups is 1. The molecule has 20 heavy (non-hydrogen) atoms. The molecule has 0 bridgehead atoms. The molecule has 2 aromatic rings. The van der Waals surface area contributed by atoms with Crippen molar-refractivity contribution >= 4 is 15.9 Å². The Morgan fingerprint density at radius 1 is 1.15 bits per heavy atom. The molecule has 0 amide bonds. The van der Waals surface area contributed by atoms with Crippen molar-refractivity contribution in [3.05, 3.63) is 68.9 Å². The SMILES string of the molecule is Cc1ccc(F)c(C(O)Cc2cc(F)cc(Br)c2)c1F. The molecular formula is C15H12BrF3O. The number of halogens is 4. The molecule has 2 rings (SSSR count). The Balaban J connectivity index is 2.33. The summed E-state index contributed by atoms with van der Waals surface area (Å²) in [6, 6.07) is 6.50. The lowest BCUT2D eigenvalue weighted by Crippen LogP contribution is -2.08. The molecule has 0 radical (unpaired) electrons. The van der Waals surface area contributed by atoms with Crippen LogP contribution in [0.4, 0.5) is 13.2 Å². The minimum atomic E-state index is -1.37. The summed E-state index contributed by atoms with van der Waals surface area (Å²) in [5.41, 5.74) is 0.316. The maximum absolute atomic E-state index is 13.9. The topological polar surface area (TPSA) is 20.2 Å². The van der Waals surface area contributed by atoms with E-state index < -0.39 is 23.6 Å². The van der Waals surface area contributed by atoms with E-state index >= 15 is 0 Å². The van der Waals surface area contributed by atoms with E-state index in [2.05, 4.69) is 15.9 Å². The molecule has 1 atom stereocenters. The summed E-state index contributed by atoms with van der Waals surface area (Å²) in [5.74, 6) is -2.06. The fourth-order valence-electron chi connectivity index (χ4n) is 2.04. The average Bonchev–Trinajstić information content (AvgIpc) is 2.33. The molecule has 5 heteroatoms. The summed E-state index contributed by atoms with van der Waals surface area (Å²) in [4.78, 5) is 0. The number of aliphatic hydroxyl groups excluding tert-OH is 1. The minimum absolute atomic E-state index is 0.0757. The van der Waals surface area contributed by atoms with Gasteiger partial charge in [-0.2, -0.15) is 0 Å². The van der Waals surface area contributed by atoms with Crippen LogP contribution in [0.3, 0.4) is 0 Å². The van der Waals surface area contributed by atoms with Gasteiger partial charge in [0.2, 0.25) is 0 Å². The van der Waals surface area contributed by atoms with Crippen LogP contribution in [0.5, 0.6) is 0 Å². The Morgan fingerprint density at radius 2 is 1.85 bits per heavy atom. The van der Waals surface area contributed by atoms with E-state index in [1.165, 1.54) is 25.1 Å². The Morgan fingerprint density at radius 3 is 2.50 bits per heavy atom. The highest BCUT2D eigenvalue weighted by Gasteiger charge is 2.20. The molecule has 0 aliphatic rings. The van der Waals surface area contributed by atoms with Gasteiger partial charge < -0.3 is 5.11 Å². The molecule has 0 heterocycles. The van der Waals surface area contributed by atoms with E-state index in [9.17, 15) is 18.3 Å². The lowest BCUT2D eigenvalue weighted by molar-refractivity contribution is 0.168. The monoisotopic (exact) mass is 344 g/mol. The summed E-state index contributed by atoms with van der Waals surface area (Å²) in [6.45, 7) is 1.49. The van der Waals surface area contributed by atoms with E-state index in [1.54, 1.807) is 6.07 Å². The van der Waals surface area contributed by atoms with Crippen LogP contribution in [-0.2, 0) is 6.42 Å². The van der Waals surface area contributed by atoms with Gasteiger partial charge in [-0.25, -0.2) is 13.2 Å². The van der Waals surface area contributed by atoms with Gasteiger partial charge in [-0.1, -0.05) is 22.0 Å². The second-order valence-electron chi connectivity index (χ2n) is 4.59. The number of rotatable bonds is 3. The van der Waals surface area contributed by atoms with E-state index in [1.807, 2.05) is 0 Å². The highest BCUT2D eigenvalue weighted by molar-refractivity contribution is 9.10. The Labute approximate surface area is 123 Å². The van der Waals surface area contributed by atoms with Crippen LogP contribution < -0.4 is 0 Å². The smallest absolute Gasteiger partial charge is 0.134 e. The standard InChI is InChI=1S/C15H12BrF3O/c1-8-2-3-12(18)14(15(8)19)13(20)6-9-4-10(16)7-11(17)5-9/h2-5,7,13,20H,6H2,1H3. The highest BCUT2D eigenvalue weighted by Crippen LogP contribution is 2.27. The molecule has 0 spiro atoms. The highest BCUT2D eigenvalue weighted by atomic mass is 79.9. The molecule has 0 aliphatic heterocycles. The van der Waals surface area contributed by atoms with E-state index in [4.69, 9.17) is 0 Å². The lowest BCUT2D eigenvalue weighted by atomic mass is 9.98. The number of hydrogen-bond acceptors (Lipinski definition) is 1. The Kier molecular flexibility index (Phi) is 4.50. The normalized spacial score (nSPS) is 12.5. The summed E-state index contributed by atoms with van der Waals surface area (Å²) >= 11 is 3.13. The number of benzene rings is 2. The second kappa shape index (κ2) is 5.97. The molecule has 0 fully saturated rings. The lowest BCUT2D eigenvalue weighted by Gasteiger charge is -2.14. The zero-order valence-corrected chi connectivity index (χ0v) is 12.2. The molecule has 1 unspecified atom stereocenters. The van der Waals surface area contributed by atoms with Crippen molar-refractivity contribution in [1.82, 2.24) is 0 Å². The van der Waals surface area contributed by atoms with E-state index in [0.717, 1.165) is 6.07 Å². The van der Waals surface area contributed by atoms with E-state index in [0.29, 0.717) is 10.0 Å². The fraction of sp³-hybridized carbons (Fsp3) is 0.200. The van der Waals surface area contributed by atoms with E-state index in [-0.39, 0.29) is 17.5 Å². The number of hydrogen-bond donors (Lipinski definition) is 1. The third-order valence-electron chi connectivity index (χ3n) is 3.00. The minimum Gasteiger partial charge on any atom is -0.388 e. The van der Waals surface area contributed by atoms with Crippen LogP contribution >= 0.6 is 15.9 Å². The largest absolute Gasteiger partial charge is 0.388 e. The summed E-state index contributed by atoms with van der Waals surface area (Å²) in [7, 11) is 0. The van der Waals surface area contributed by atoms with Crippen LogP contribution in [0.2, 0.25) is 0 Å². The van der Waals surface area contributed by atoms with Gasteiger partial charge in [0.05, 0.1) is 11.7 Å². The quantitative estimate of drug-likeness (QED) is 0.871. The molecule has 0 saturated carbocycles. The first-order valence-corrected chi connectivity index (χ1v) is 6.75. The Hall–Kier alpha value is -1.33. The first kappa shape index (κ1) is 15.1. The molecule has 1 nitrogen and oxygen atoms in total. The van der Waals surface area contributed by atoms with Crippen LogP contribution in [-0.4, -0.2) is 5.11 Å². The molecule has 0 aliphatic carbocycles. The van der Waals surface area contributed by atoms with Crippen LogP contribution in [0.15, 0.2) is 34.8 Å². The maximum Gasteiger partial charge on any atom is 0.134 e. The third-order valence-corrected chi connectivity index (χ3v) is 3.46. The average molecular weight is 345 g/mol.